The minimum Gasteiger partial charge on any atom is -0.394 e. The van der Waals surface area contributed by atoms with E-state index in [1.807, 2.05) is 0 Å². The summed E-state index contributed by atoms with van der Waals surface area (Å²) >= 11 is 0. The van der Waals surface area contributed by atoms with E-state index in [2.05, 4.69) is 21.9 Å². The van der Waals surface area contributed by atoms with Crippen molar-refractivity contribution in [3.05, 3.63) is 12.7 Å². The second-order valence-electron chi connectivity index (χ2n) is 5.86. The van der Waals surface area contributed by atoms with E-state index in [0.29, 0.717) is 17.8 Å². The maximum atomic E-state index is 10.4. The van der Waals surface area contributed by atoms with Crippen LogP contribution in [0.5, 0.6) is 0 Å². The Balaban J connectivity index is 1.86. The molecule has 9 heteroatoms. The topological polar surface area (TPSA) is 129 Å². The van der Waals surface area contributed by atoms with Gasteiger partial charge in [0.1, 0.15) is 30.2 Å². The lowest BCUT2D eigenvalue weighted by Gasteiger charge is -2.22. The molecule has 1 aliphatic rings. The second-order valence-corrected chi connectivity index (χ2v) is 5.86. The summed E-state index contributed by atoms with van der Waals surface area (Å²) in [5, 5.41) is 19.8. The van der Waals surface area contributed by atoms with Gasteiger partial charge in [0, 0.05) is 6.61 Å². The largest absolute Gasteiger partial charge is 0.394 e. The summed E-state index contributed by atoms with van der Waals surface area (Å²) in [6.45, 7) is 2.33. The predicted molar refractivity (Wildman–Crippen MR) is 86.0 cm³/mol. The monoisotopic (exact) mass is 337 g/mol. The van der Waals surface area contributed by atoms with Crippen LogP contribution in [0.25, 0.3) is 11.2 Å². The van der Waals surface area contributed by atoms with Gasteiger partial charge in [-0.1, -0.05) is 19.8 Å². The smallest absolute Gasteiger partial charge is 0.167 e. The van der Waals surface area contributed by atoms with Crippen molar-refractivity contribution in [2.45, 2.75) is 50.7 Å². The minimum absolute atomic E-state index is 0.274. The number of fused-ring (bicyclic) bond motifs is 1. The van der Waals surface area contributed by atoms with E-state index in [9.17, 15) is 10.2 Å². The van der Waals surface area contributed by atoms with E-state index in [-0.39, 0.29) is 12.4 Å². The highest BCUT2D eigenvalue weighted by Gasteiger charge is 2.45. The highest BCUT2D eigenvalue weighted by Crippen LogP contribution is 2.34. The van der Waals surface area contributed by atoms with E-state index < -0.39 is 24.5 Å². The summed E-state index contributed by atoms with van der Waals surface area (Å²) < 4.78 is 13.3. The molecule has 0 saturated carbocycles. The SMILES string of the molecule is CCCCCO[C@H]1[C@H](O)[C@@H](CO)O[C@H]1n1cnc2c(N)ncnc21. The molecule has 1 fully saturated rings. The molecule has 1 saturated heterocycles. The van der Waals surface area contributed by atoms with Gasteiger partial charge in [0.25, 0.3) is 0 Å². The van der Waals surface area contributed by atoms with Crippen LogP contribution < -0.4 is 5.73 Å². The fraction of sp³-hybridized carbons (Fsp3) is 0.667. The maximum Gasteiger partial charge on any atom is 0.167 e. The molecular weight excluding hydrogens is 314 g/mol. The zero-order valence-corrected chi connectivity index (χ0v) is 13.6. The minimum atomic E-state index is -0.932. The van der Waals surface area contributed by atoms with Crippen LogP contribution >= 0.6 is 0 Å². The molecular formula is C15H23N5O4. The lowest BCUT2D eigenvalue weighted by Crippen LogP contribution is -2.35. The summed E-state index contributed by atoms with van der Waals surface area (Å²) in [6.07, 6.45) is 3.01. The number of ether oxygens (including phenoxy) is 2. The van der Waals surface area contributed by atoms with Gasteiger partial charge in [-0.3, -0.25) is 4.57 Å². The molecule has 0 amide bonds. The average Bonchev–Trinajstić information content (AvgIpc) is 3.14. The van der Waals surface area contributed by atoms with Crippen LogP contribution in [0, 0.1) is 0 Å². The van der Waals surface area contributed by atoms with Crippen molar-refractivity contribution in [3.63, 3.8) is 0 Å². The first-order valence-electron chi connectivity index (χ1n) is 8.16. The fourth-order valence-corrected chi connectivity index (χ4v) is 2.90. The van der Waals surface area contributed by atoms with Crippen LogP contribution in [0.2, 0.25) is 0 Å². The van der Waals surface area contributed by atoms with Gasteiger partial charge in [0.15, 0.2) is 17.7 Å². The number of aliphatic hydroxyl groups is 2. The third kappa shape index (κ3) is 3.07. The van der Waals surface area contributed by atoms with Gasteiger partial charge in [-0.2, -0.15) is 0 Å². The molecule has 132 valence electrons. The Kier molecular flexibility index (Phi) is 5.24. The van der Waals surface area contributed by atoms with E-state index in [4.69, 9.17) is 15.2 Å². The number of anilines is 1. The Labute approximate surface area is 139 Å². The first-order chi connectivity index (χ1) is 11.7. The standard InChI is InChI=1S/C15H23N5O4/c1-2-3-4-5-23-12-11(22)9(6-21)24-15(12)20-8-19-10-13(16)17-7-18-14(10)20/h7-9,11-12,15,21-22H,2-6H2,1H3,(H2,16,17,18)/t9-,11-,12+,15-/m1/s1. The maximum absolute atomic E-state index is 10.4. The molecule has 0 unspecified atom stereocenters. The number of nitrogens with zero attached hydrogens (tertiary/aromatic N) is 4. The first-order valence-corrected chi connectivity index (χ1v) is 8.16. The highest BCUT2D eigenvalue weighted by atomic mass is 16.6. The zero-order chi connectivity index (χ0) is 17.1. The number of hydrogen-bond acceptors (Lipinski definition) is 8. The van der Waals surface area contributed by atoms with Crippen molar-refractivity contribution in [2.75, 3.05) is 18.9 Å². The summed E-state index contributed by atoms with van der Waals surface area (Å²) in [7, 11) is 0. The Bertz CT molecular complexity index is 679. The Morgan fingerprint density at radius 3 is 2.92 bits per heavy atom. The molecule has 2 aromatic rings. The van der Waals surface area contributed by atoms with Gasteiger partial charge in [0.05, 0.1) is 12.9 Å². The van der Waals surface area contributed by atoms with Gasteiger partial charge in [-0.25, -0.2) is 15.0 Å². The van der Waals surface area contributed by atoms with Gasteiger partial charge in [-0.05, 0) is 6.42 Å². The van der Waals surface area contributed by atoms with Crippen molar-refractivity contribution in [1.82, 2.24) is 19.5 Å². The van der Waals surface area contributed by atoms with Crippen molar-refractivity contribution < 1.29 is 19.7 Å². The normalized spacial score (nSPS) is 27.1. The van der Waals surface area contributed by atoms with Gasteiger partial charge < -0.3 is 25.4 Å². The highest BCUT2D eigenvalue weighted by molar-refractivity contribution is 5.81. The number of nitrogens with two attached hydrogens (primary N) is 1. The molecule has 4 atom stereocenters. The molecule has 1 aliphatic heterocycles. The van der Waals surface area contributed by atoms with Crippen LogP contribution in [0.15, 0.2) is 12.7 Å². The second kappa shape index (κ2) is 7.39. The fourth-order valence-electron chi connectivity index (χ4n) is 2.90. The molecule has 3 heterocycles. The molecule has 0 bridgehead atoms. The molecule has 4 N–H and O–H groups in total. The van der Waals surface area contributed by atoms with Crippen LogP contribution in [0.4, 0.5) is 5.82 Å². The van der Waals surface area contributed by atoms with E-state index in [1.165, 1.54) is 12.7 Å². The van der Waals surface area contributed by atoms with Crippen molar-refractivity contribution >= 4 is 17.0 Å². The molecule has 0 aromatic carbocycles. The number of imidazole rings is 1. The molecule has 0 aliphatic carbocycles. The van der Waals surface area contributed by atoms with Gasteiger partial charge in [0.2, 0.25) is 0 Å². The predicted octanol–water partition coefficient (Wildman–Crippen LogP) is 0.234. The Morgan fingerprint density at radius 1 is 1.33 bits per heavy atom. The molecule has 3 rings (SSSR count). The van der Waals surface area contributed by atoms with E-state index >= 15 is 0 Å². The zero-order valence-electron chi connectivity index (χ0n) is 13.6. The van der Waals surface area contributed by atoms with Crippen LogP contribution in [-0.2, 0) is 9.47 Å². The molecule has 0 spiro atoms. The Morgan fingerprint density at radius 2 is 2.17 bits per heavy atom. The van der Waals surface area contributed by atoms with Crippen molar-refractivity contribution in [1.29, 1.82) is 0 Å². The summed E-state index contributed by atoms with van der Waals surface area (Å²) in [6, 6.07) is 0. The summed E-state index contributed by atoms with van der Waals surface area (Å²) in [5.41, 5.74) is 6.77. The van der Waals surface area contributed by atoms with Gasteiger partial charge >= 0.3 is 0 Å². The first kappa shape index (κ1) is 17.0. The van der Waals surface area contributed by atoms with Crippen LogP contribution in [0.3, 0.4) is 0 Å². The summed E-state index contributed by atoms with van der Waals surface area (Å²) in [5.74, 6) is 0.274. The number of nitrogen functional groups attached to an aromatic ring is 1. The summed E-state index contributed by atoms with van der Waals surface area (Å²) in [4.78, 5) is 12.3. The number of rotatable bonds is 7. The molecule has 0 radical (unpaired) electrons. The average molecular weight is 337 g/mol. The molecule has 2 aromatic heterocycles. The van der Waals surface area contributed by atoms with E-state index in [1.54, 1.807) is 4.57 Å². The number of hydrogen-bond donors (Lipinski definition) is 3. The van der Waals surface area contributed by atoms with Crippen molar-refractivity contribution in [3.8, 4) is 0 Å². The number of unbranched alkanes of at least 4 members (excludes halogenated alkanes) is 2. The van der Waals surface area contributed by atoms with Crippen LogP contribution in [0.1, 0.15) is 32.4 Å². The lowest BCUT2D eigenvalue weighted by atomic mass is 10.1. The molecule has 9 nitrogen and oxygen atoms in total. The Hall–Kier alpha value is -1.81. The molecule has 24 heavy (non-hydrogen) atoms. The third-order valence-corrected chi connectivity index (χ3v) is 4.21. The lowest BCUT2D eigenvalue weighted by molar-refractivity contribution is -0.0710. The number of aromatic nitrogens is 4. The van der Waals surface area contributed by atoms with Gasteiger partial charge in [-0.15, -0.1) is 0 Å². The number of aliphatic hydroxyl groups excluding tert-OH is 2. The van der Waals surface area contributed by atoms with Crippen LogP contribution in [-0.4, -0.2) is 61.3 Å². The third-order valence-electron chi connectivity index (χ3n) is 4.21. The van der Waals surface area contributed by atoms with Crippen molar-refractivity contribution in [2.24, 2.45) is 0 Å². The quantitative estimate of drug-likeness (QED) is 0.613. The van der Waals surface area contributed by atoms with E-state index in [0.717, 1.165) is 19.3 Å².